The number of aliphatic hydroxyl groups excluding tert-OH is 1. The van der Waals surface area contributed by atoms with E-state index >= 15 is 0 Å². The van der Waals surface area contributed by atoms with Gasteiger partial charge in [0.25, 0.3) is 0 Å². The van der Waals surface area contributed by atoms with Gasteiger partial charge in [-0.05, 0) is 30.1 Å². The van der Waals surface area contributed by atoms with Crippen LogP contribution in [0.2, 0.25) is 0 Å². The van der Waals surface area contributed by atoms with E-state index in [4.69, 9.17) is 9.47 Å². The van der Waals surface area contributed by atoms with Gasteiger partial charge in [-0.3, -0.25) is 9.59 Å². The molecular weight excluding hydrogens is 300 g/mol. The quantitative estimate of drug-likeness (QED) is 0.364. The third kappa shape index (κ3) is 4.16. The van der Waals surface area contributed by atoms with Crippen molar-refractivity contribution >= 4 is 18.2 Å². The van der Waals surface area contributed by atoms with Crippen molar-refractivity contribution in [3.63, 3.8) is 0 Å². The van der Waals surface area contributed by atoms with Gasteiger partial charge < -0.3 is 14.6 Å². The number of rotatable bonds is 3. The molecule has 1 aliphatic carbocycles. The highest BCUT2D eigenvalue weighted by Gasteiger charge is 2.42. The predicted octanol–water partition coefficient (Wildman–Crippen LogP) is 1.24. The van der Waals surface area contributed by atoms with Gasteiger partial charge in [-0.1, -0.05) is 12.7 Å². The second-order valence-electron chi connectivity index (χ2n) is 5.73. The van der Waals surface area contributed by atoms with Gasteiger partial charge >= 0.3 is 11.9 Å². The van der Waals surface area contributed by atoms with Crippen LogP contribution in [0.1, 0.15) is 26.2 Å². The first-order chi connectivity index (χ1) is 10.9. The fraction of sp³-hybridized carbons (Fsp3) is 0.471. The molecule has 23 heavy (non-hydrogen) atoms. The van der Waals surface area contributed by atoms with Crippen molar-refractivity contribution in [1.82, 2.24) is 0 Å². The smallest absolute Gasteiger partial charge is 0.334 e. The van der Waals surface area contributed by atoms with E-state index in [1.54, 1.807) is 12.2 Å². The number of hydrogen-bond donors (Lipinski definition) is 1. The molecule has 2 rings (SSSR count). The van der Waals surface area contributed by atoms with E-state index in [9.17, 15) is 19.5 Å². The molecule has 2 aliphatic rings. The number of aliphatic hydroxyl groups is 1. The highest BCUT2D eigenvalue weighted by atomic mass is 16.6. The Balaban J connectivity index is 2.31. The van der Waals surface area contributed by atoms with E-state index in [-0.39, 0.29) is 18.6 Å². The van der Waals surface area contributed by atoms with Gasteiger partial charge in [0.1, 0.15) is 19.0 Å². The minimum Gasteiger partial charge on any atom is -0.461 e. The lowest BCUT2D eigenvalue weighted by Crippen LogP contribution is -2.29. The van der Waals surface area contributed by atoms with E-state index in [2.05, 4.69) is 6.58 Å². The summed E-state index contributed by atoms with van der Waals surface area (Å²) in [6.07, 6.45) is 3.84. The highest BCUT2D eigenvalue weighted by Crippen LogP contribution is 2.34. The molecule has 3 atom stereocenters. The fourth-order valence-corrected chi connectivity index (χ4v) is 2.82. The van der Waals surface area contributed by atoms with Crippen LogP contribution < -0.4 is 0 Å². The van der Waals surface area contributed by atoms with Crippen LogP contribution in [0.5, 0.6) is 0 Å². The first-order valence-electron chi connectivity index (χ1n) is 7.47. The second-order valence-corrected chi connectivity index (χ2v) is 5.73. The average Bonchev–Trinajstić information content (AvgIpc) is 2.77. The lowest BCUT2D eigenvalue weighted by Gasteiger charge is -2.23. The molecule has 0 saturated carbocycles. The molecule has 1 fully saturated rings. The summed E-state index contributed by atoms with van der Waals surface area (Å²) in [5, 5.41) is 10.4. The van der Waals surface area contributed by atoms with Gasteiger partial charge in [-0.15, -0.1) is 0 Å². The van der Waals surface area contributed by atoms with Gasteiger partial charge in [0.05, 0.1) is 12.0 Å². The lowest BCUT2D eigenvalue weighted by molar-refractivity contribution is -0.140. The van der Waals surface area contributed by atoms with Crippen LogP contribution in [-0.4, -0.2) is 42.1 Å². The maximum atomic E-state index is 11.8. The van der Waals surface area contributed by atoms with Crippen molar-refractivity contribution in [1.29, 1.82) is 0 Å². The Morgan fingerprint density at radius 3 is 2.96 bits per heavy atom. The van der Waals surface area contributed by atoms with Gasteiger partial charge in [0, 0.05) is 18.9 Å². The molecule has 1 aliphatic heterocycles. The largest absolute Gasteiger partial charge is 0.461 e. The minimum absolute atomic E-state index is 0.0862. The molecule has 1 heterocycles. The van der Waals surface area contributed by atoms with Crippen LogP contribution in [0.25, 0.3) is 0 Å². The maximum Gasteiger partial charge on any atom is 0.334 e. The van der Waals surface area contributed by atoms with Crippen molar-refractivity contribution in [2.24, 2.45) is 5.92 Å². The zero-order valence-corrected chi connectivity index (χ0v) is 13.0. The standard InChI is InChI=1S/C17H20O6/c1-10-16-14(20)6-12(8-18)4-3-5-13(9-22-11(2)19)7-15(16)23-17(10)21/h4,7-8,14-16,20H,1,3,5-6,9H2,2H3/b12-4+,13-7-/t14-,15-,16-/m1/s1. The van der Waals surface area contributed by atoms with Crippen LogP contribution in [-0.2, 0) is 23.9 Å². The summed E-state index contributed by atoms with van der Waals surface area (Å²) < 4.78 is 10.3. The minimum atomic E-state index is -0.945. The Morgan fingerprint density at radius 2 is 2.30 bits per heavy atom. The molecule has 0 aromatic heterocycles. The van der Waals surface area contributed by atoms with Gasteiger partial charge in [-0.2, -0.15) is 0 Å². The van der Waals surface area contributed by atoms with Gasteiger partial charge in [0.2, 0.25) is 0 Å². The topological polar surface area (TPSA) is 89.9 Å². The summed E-state index contributed by atoms with van der Waals surface area (Å²) >= 11 is 0. The number of carbonyl (C=O) groups excluding carboxylic acids is 3. The van der Waals surface area contributed by atoms with Crippen LogP contribution in [0, 0.1) is 5.92 Å². The SMILES string of the molecule is C=C1C(=O)O[C@@H]2/C=C(\COC(C)=O)CC/C=C(/C=O)C[C@@H](O)[C@@H]12. The van der Waals surface area contributed by atoms with Crippen molar-refractivity contribution in [2.45, 2.75) is 38.4 Å². The molecule has 124 valence electrons. The van der Waals surface area contributed by atoms with E-state index in [0.29, 0.717) is 24.7 Å². The Labute approximate surface area is 134 Å². The molecule has 0 aromatic carbocycles. The Morgan fingerprint density at radius 1 is 1.57 bits per heavy atom. The molecular formula is C17H20O6. The second kappa shape index (κ2) is 7.37. The molecule has 0 bridgehead atoms. The molecule has 6 heteroatoms. The van der Waals surface area contributed by atoms with Gasteiger partial charge in [-0.25, -0.2) is 4.79 Å². The normalized spacial score (nSPS) is 32.7. The van der Waals surface area contributed by atoms with E-state index < -0.39 is 30.1 Å². The zero-order chi connectivity index (χ0) is 17.0. The molecule has 0 amide bonds. The Bertz CT molecular complexity index is 586. The molecule has 0 aromatic rings. The van der Waals surface area contributed by atoms with Crippen molar-refractivity contribution in [3.05, 3.63) is 35.5 Å². The van der Waals surface area contributed by atoms with E-state index in [1.807, 2.05) is 0 Å². The number of allylic oxidation sites excluding steroid dienone is 1. The summed E-state index contributed by atoms with van der Waals surface area (Å²) in [4.78, 5) is 33.9. The summed E-state index contributed by atoms with van der Waals surface area (Å²) in [7, 11) is 0. The molecule has 1 saturated heterocycles. The molecule has 0 unspecified atom stereocenters. The summed E-state index contributed by atoms with van der Waals surface area (Å²) in [6, 6.07) is 0. The molecule has 0 spiro atoms. The maximum absolute atomic E-state index is 11.8. The molecule has 0 radical (unpaired) electrons. The summed E-state index contributed by atoms with van der Waals surface area (Å²) in [5.41, 5.74) is 1.43. The van der Waals surface area contributed by atoms with E-state index in [0.717, 1.165) is 5.57 Å². The third-order valence-electron chi connectivity index (χ3n) is 4.01. The first kappa shape index (κ1) is 17.1. The predicted molar refractivity (Wildman–Crippen MR) is 81.2 cm³/mol. The first-order valence-corrected chi connectivity index (χ1v) is 7.47. The number of ether oxygens (including phenoxy) is 2. The highest BCUT2D eigenvalue weighted by molar-refractivity contribution is 5.91. The Hall–Kier alpha value is -2.21. The molecule has 6 nitrogen and oxygen atoms in total. The van der Waals surface area contributed by atoms with E-state index in [1.165, 1.54) is 6.92 Å². The fourth-order valence-electron chi connectivity index (χ4n) is 2.82. The molecule has 1 N–H and O–H groups in total. The monoisotopic (exact) mass is 320 g/mol. The van der Waals surface area contributed by atoms with Crippen molar-refractivity contribution in [2.75, 3.05) is 6.61 Å². The third-order valence-corrected chi connectivity index (χ3v) is 4.01. The lowest BCUT2D eigenvalue weighted by atomic mass is 9.85. The van der Waals surface area contributed by atoms with Crippen molar-refractivity contribution < 1.29 is 29.0 Å². The zero-order valence-electron chi connectivity index (χ0n) is 13.0. The Kier molecular flexibility index (Phi) is 5.50. The van der Waals surface area contributed by atoms with Crippen molar-refractivity contribution in [3.8, 4) is 0 Å². The van der Waals surface area contributed by atoms with Gasteiger partial charge in [0.15, 0.2) is 0 Å². The number of aldehydes is 1. The van der Waals surface area contributed by atoms with Crippen LogP contribution in [0.3, 0.4) is 0 Å². The number of carbonyl (C=O) groups is 3. The van der Waals surface area contributed by atoms with Crippen LogP contribution in [0.15, 0.2) is 35.5 Å². The number of hydrogen-bond acceptors (Lipinski definition) is 6. The number of esters is 2. The summed E-state index contributed by atoms with van der Waals surface area (Å²) in [5.74, 6) is -1.58. The number of fused-ring (bicyclic) bond motifs is 1. The summed E-state index contributed by atoms with van der Waals surface area (Å²) in [6.45, 7) is 5.09. The van der Waals surface area contributed by atoms with Crippen LogP contribution in [0.4, 0.5) is 0 Å². The average molecular weight is 320 g/mol. The van der Waals surface area contributed by atoms with Crippen LogP contribution >= 0.6 is 0 Å².